The van der Waals surface area contributed by atoms with Gasteiger partial charge in [-0.1, -0.05) is 19.3 Å². The third kappa shape index (κ3) is 5.19. The van der Waals surface area contributed by atoms with Crippen molar-refractivity contribution >= 4 is 10.2 Å². The first kappa shape index (κ1) is 15.8. The molecule has 0 saturated heterocycles. The van der Waals surface area contributed by atoms with Crippen molar-refractivity contribution in [2.75, 3.05) is 33.4 Å². The highest BCUT2D eigenvalue weighted by molar-refractivity contribution is 7.87. The highest BCUT2D eigenvalue weighted by Gasteiger charge is 2.31. The summed E-state index contributed by atoms with van der Waals surface area (Å²) in [6, 6.07) is 0. The second kappa shape index (κ2) is 7.40. The molecule has 0 heterocycles. The van der Waals surface area contributed by atoms with Crippen molar-refractivity contribution in [1.29, 1.82) is 0 Å². The zero-order valence-corrected chi connectivity index (χ0v) is 11.9. The van der Waals surface area contributed by atoms with E-state index in [4.69, 9.17) is 10.5 Å². The second-order valence-corrected chi connectivity index (χ2v) is 6.56. The summed E-state index contributed by atoms with van der Waals surface area (Å²) < 4.78 is 33.2. The zero-order valence-electron chi connectivity index (χ0n) is 11.1. The zero-order chi connectivity index (χ0) is 13.5. The van der Waals surface area contributed by atoms with Gasteiger partial charge in [0.05, 0.1) is 6.61 Å². The SMILES string of the molecule is COCCNS(=O)(=O)NCC1(CN)CCCCC1. The summed E-state index contributed by atoms with van der Waals surface area (Å²) in [6.07, 6.45) is 5.50. The van der Waals surface area contributed by atoms with E-state index < -0.39 is 10.2 Å². The summed E-state index contributed by atoms with van der Waals surface area (Å²) in [5, 5.41) is 0. The Bertz CT molecular complexity index is 326. The molecule has 0 amide bonds. The monoisotopic (exact) mass is 279 g/mol. The van der Waals surface area contributed by atoms with Crippen LogP contribution in [0.2, 0.25) is 0 Å². The Morgan fingerprint density at radius 2 is 1.89 bits per heavy atom. The Kier molecular flexibility index (Phi) is 6.51. The molecular weight excluding hydrogens is 254 g/mol. The van der Waals surface area contributed by atoms with Gasteiger partial charge in [-0.25, -0.2) is 4.72 Å². The van der Waals surface area contributed by atoms with Gasteiger partial charge in [0, 0.05) is 20.2 Å². The summed E-state index contributed by atoms with van der Waals surface area (Å²) in [6.45, 7) is 1.60. The second-order valence-electron chi connectivity index (χ2n) is 4.98. The van der Waals surface area contributed by atoms with E-state index >= 15 is 0 Å². The molecule has 0 atom stereocenters. The quantitative estimate of drug-likeness (QED) is 0.544. The molecule has 1 saturated carbocycles. The molecule has 0 aliphatic heterocycles. The van der Waals surface area contributed by atoms with Crippen LogP contribution in [0.25, 0.3) is 0 Å². The summed E-state index contributed by atoms with van der Waals surface area (Å²) in [5.41, 5.74) is 5.75. The van der Waals surface area contributed by atoms with Crippen LogP contribution in [0.15, 0.2) is 0 Å². The standard InChI is InChI=1S/C11H25N3O3S/c1-17-8-7-13-18(15,16)14-10-11(9-12)5-3-2-4-6-11/h13-14H,2-10,12H2,1H3. The lowest BCUT2D eigenvalue weighted by Crippen LogP contribution is -2.47. The molecule has 0 aromatic heterocycles. The van der Waals surface area contributed by atoms with Crippen LogP contribution < -0.4 is 15.2 Å². The number of ether oxygens (including phenoxy) is 1. The minimum atomic E-state index is -3.44. The van der Waals surface area contributed by atoms with Gasteiger partial charge in [-0.15, -0.1) is 0 Å². The van der Waals surface area contributed by atoms with Gasteiger partial charge in [-0.2, -0.15) is 13.1 Å². The molecule has 108 valence electrons. The van der Waals surface area contributed by atoms with Gasteiger partial charge in [0.1, 0.15) is 0 Å². The fraction of sp³-hybridized carbons (Fsp3) is 1.00. The van der Waals surface area contributed by atoms with Crippen LogP contribution in [0.3, 0.4) is 0 Å². The summed E-state index contributed by atoms with van der Waals surface area (Å²) in [4.78, 5) is 0. The molecule has 1 rings (SSSR count). The molecule has 0 radical (unpaired) electrons. The number of hydrogen-bond donors (Lipinski definition) is 3. The van der Waals surface area contributed by atoms with E-state index in [1.54, 1.807) is 0 Å². The van der Waals surface area contributed by atoms with E-state index in [0.29, 0.717) is 19.7 Å². The van der Waals surface area contributed by atoms with Gasteiger partial charge in [0.25, 0.3) is 10.2 Å². The van der Waals surface area contributed by atoms with E-state index in [9.17, 15) is 8.42 Å². The van der Waals surface area contributed by atoms with Crippen molar-refractivity contribution in [3.8, 4) is 0 Å². The normalized spacial score (nSPS) is 19.9. The minimum Gasteiger partial charge on any atom is -0.383 e. The Morgan fingerprint density at radius 3 is 2.44 bits per heavy atom. The first-order valence-corrected chi connectivity index (χ1v) is 7.95. The molecule has 7 heteroatoms. The van der Waals surface area contributed by atoms with Crippen molar-refractivity contribution in [2.45, 2.75) is 32.1 Å². The fourth-order valence-electron chi connectivity index (χ4n) is 2.33. The summed E-state index contributed by atoms with van der Waals surface area (Å²) in [5.74, 6) is 0. The lowest BCUT2D eigenvalue weighted by Gasteiger charge is -2.36. The van der Waals surface area contributed by atoms with Crippen molar-refractivity contribution in [1.82, 2.24) is 9.44 Å². The predicted molar refractivity (Wildman–Crippen MR) is 71.4 cm³/mol. The molecule has 1 aliphatic rings. The molecule has 6 nitrogen and oxygen atoms in total. The van der Waals surface area contributed by atoms with E-state index in [-0.39, 0.29) is 12.0 Å². The summed E-state index contributed by atoms with van der Waals surface area (Å²) in [7, 11) is -1.90. The molecule has 0 spiro atoms. The molecule has 0 aromatic rings. The number of nitrogens with two attached hydrogens (primary N) is 1. The van der Waals surface area contributed by atoms with Crippen LogP contribution in [-0.4, -0.2) is 41.8 Å². The largest absolute Gasteiger partial charge is 0.383 e. The van der Waals surface area contributed by atoms with Crippen LogP contribution in [0.5, 0.6) is 0 Å². The highest BCUT2D eigenvalue weighted by atomic mass is 32.2. The molecule has 0 unspecified atom stereocenters. The smallest absolute Gasteiger partial charge is 0.277 e. The molecule has 4 N–H and O–H groups in total. The average Bonchev–Trinajstić information content (AvgIpc) is 2.38. The third-order valence-electron chi connectivity index (χ3n) is 3.58. The number of nitrogens with one attached hydrogen (secondary N) is 2. The van der Waals surface area contributed by atoms with Gasteiger partial charge in [-0.05, 0) is 24.8 Å². The Morgan fingerprint density at radius 1 is 1.22 bits per heavy atom. The van der Waals surface area contributed by atoms with Gasteiger partial charge in [-0.3, -0.25) is 0 Å². The molecule has 1 aliphatic carbocycles. The first-order valence-electron chi connectivity index (χ1n) is 6.47. The molecule has 0 bridgehead atoms. The first-order chi connectivity index (χ1) is 8.54. The van der Waals surface area contributed by atoms with Crippen LogP contribution in [0.4, 0.5) is 0 Å². The molecule has 18 heavy (non-hydrogen) atoms. The lowest BCUT2D eigenvalue weighted by molar-refractivity contribution is 0.199. The maximum Gasteiger partial charge on any atom is 0.277 e. The molecular formula is C11H25N3O3S. The molecule has 1 fully saturated rings. The van der Waals surface area contributed by atoms with E-state index in [1.807, 2.05) is 0 Å². The van der Waals surface area contributed by atoms with Crippen molar-refractivity contribution < 1.29 is 13.2 Å². The van der Waals surface area contributed by atoms with E-state index in [2.05, 4.69) is 9.44 Å². The average molecular weight is 279 g/mol. The third-order valence-corrected chi connectivity index (χ3v) is 4.69. The van der Waals surface area contributed by atoms with Gasteiger partial charge in [0.2, 0.25) is 0 Å². The van der Waals surface area contributed by atoms with Crippen LogP contribution in [-0.2, 0) is 14.9 Å². The lowest BCUT2D eigenvalue weighted by atomic mass is 9.74. The van der Waals surface area contributed by atoms with Gasteiger partial charge >= 0.3 is 0 Å². The van der Waals surface area contributed by atoms with Crippen LogP contribution in [0, 0.1) is 5.41 Å². The van der Waals surface area contributed by atoms with Crippen molar-refractivity contribution in [3.63, 3.8) is 0 Å². The molecule has 0 aromatic carbocycles. The Balaban J connectivity index is 2.41. The van der Waals surface area contributed by atoms with Gasteiger partial charge < -0.3 is 10.5 Å². The van der Waals surface area contributed by atoms with Crippen LogP contribution >= 0.6 is 0 Å². The minimum absolute atomic E-state index is 0.0613. The highest BCUT2D eigenvalue weighted by Crippen LogP contribution is 2.34. The Hall–Kier alpha value is -0.210. The summed E-state index contributed by atoms with van der Waals surface area (Å²) >= 11 is 0. The predicted octanol–water partition coefficient (Wildman–Crippen LogP) is -0.0340. The van der Waals surface area contributed by atoms with Crippen molar-refractivity contribution in [2.24, 2.45) is 11.1 Å². The number of rotatable bonds is 8. The number of hydrogen-bond acceptors (Lipinski definition) is 4. The fourth-order valence-corrected chi connectivity index (χ4v) is 3.28. The van der Waals surface area contributed by atoms with E-state index in [0.717, 1.165) is 25.7 Å². The Labute approximate surface area is 110 Å². The van der Waals surface area contributed by atoms with E-state index in [1.165, 1.54) is 13.5 Å². The van der Waals surface area contributed by atoms with Crippen molar-refractivity contribution in [3.05, 3.63) is 0 Å². The maximum absolute atomic E-state index is 11.7. The maximum atomic E-state index is 11.7. The van der Waals surface area contributed by atoms with Gasteiger partial charge in [0.15, 0.2) is 0 Å². The number of methoxy groups -OCH3 is 1. The topological polar surface area (TPSA) is 93.4 Å². The van der Waals surface area contributed by atoms with Crippen LogP contribution in [0.1, 0.15) is 32.1 Å².